The lowest BCUT2D eigenvalue weighted by Gasteiger charge is -1.98. The molecule has 0 aromatic carbocycles. The quantitative estimate of drug-likeness (QED) is 0.648. The molecule has 0 saturated carbocycles. The minimum absolute atomic E-state index is 1.10. The van der Waals surface area contributed by atoms with Gasteiger partial charge in [-0.2, -0.15) is 0 Å². The Labute approximate surface area is 72.8 Å². The minimum atomic E-state index is 1.10. The van der Waals surface area contributed by atoms with Crippen LogP contribution in [0.2, 0.25) is 0 Å². The molecule has 1 nitrogen and oxygen atoms in total. The highest BCUT2D eigenvalue weighted by Gasteiger charge is 2.07. The summed E-state index contributed by atoms with van der Waals surface area (Å²) in [5.41, 5.74) is 5.34. The van der Waals surface area contributed by atoms with Crippen molar-refractivity contribution in [1.82, 2.24) is 4.98 Å². The summed E-state index contributed by atoms with van der Waals surface area (Å²) in [6.07, 6.45) is 5.48. The van der Waals surface area contributed by atoms with Crippen LogP contribution in [0.15, 0.2) is 29.9 Å². The van der Waals surface area contributed by atoms with Crippen LogP contribution in [0.1, 0.15) is 24.7 Å². The summed E-state index contributed by atoms with van der Waals surface area (Å²) in [5, 5.41) is 0. The van der Waals surface area contributed by atoms with Crippen LogP contribution >= 0.6 is 0 Å². The summed E-state index contributed by atoms with van der Waals surface area (Å²) in [6, 6.07) is 4.26. The highest BCUT2D eigenvalue weighted by atomic mass is 14.7. The Kier molecular flexibility index (Phi) is 1.65. The standard InChI is InChI=1S/C11H13N/c1-8-3-5-10(7-8)11-6-4-9(2)12-11/h3-6,12H,7H2,1-2H3. The molecule has 0 atom stereocenters. The summed E-state index contributed by atoms with van der Waals surface area (Å²) < 4.78 is 0. The third-order valence-corrected chi connectivity index (χ3v) is 2.22. The molecule has 0 bridgehead atoms. The fourth-order valence-corrected chi connectivity index (χ4v) is 1.54. The van der Waals surface area contributed by atoms with Crippen LogP contribution in [0.4, 0.5) is 0 Å². The third-order valence-electron chi connectivity index (χ3n) is 2.22. The van der Waals surface area contributed by atoms with Crippen LogP contribution in [0.5, 0.6) is 0 Å². The molecule has 0 unspecified atom stereocenters. The predicted molar refractivity (Wildman–Crippen MR) is 51.9 cm³/mol. The molecule has 1 aromatic rings. The van der Waals surface area contributed by atoms with Gasteiger partial charge in [-0.3, -0.25) is 0 Å². The van der Waals surface area contributed by atoms with Crippen LogP contribution in [-0.2, 0) is 0 Å². The Morgan fingerprint density at radius 1 is 1.17 bits per heavy atom. The molecule has 0 amide bonds. The van der Waals surface area contributed by atoms with Crippen molar-refractivity contribution in [3.8, 4) is 0 Å². The van der Waals surface area contributed by atoms with E-state index in [1.807, 2.05) is 0 Å². The monoisotopic (exact) mass is 159 g/mol. The van der Waals surface area contributed by atoms with Gasteiger partial charge in [0.2, 0.25) is 0 Å². The number of hydrogen-bond acceptors (Lipinski definition) is 0. The first-order valence-electron chi connectivity index (χ1n) is 4.28. The molecule has 0 saturated heterocycles. The smallest absolute Gasteiger partial charge is 0.0418 e. The summed E-state index contributed by atoms with van der Waals surface area (Å²) in [4.78, 5) is 3.34. The zero-order valence-electron chi connectivity index (χ0n) is 7.52. The Bertz CT molecular complexity index is 353. The van der Waals surface area contributed by atoms with Crippen molar-refractivity contribution in [2.45, 2.75) is 20.3 Å². The van der Waals surface area contributed by atoms with Crippen LogP contribution in [0.3, 0.4) is 0 Å². The molecule has 1 aliphatic rings. The second kappa shape index (κ2) is 2.67. The van der Waals surface area contributed by atoms with Gasteiger partial charge in [0.05, 0.1) is 0 Å². The highest BCUT2D eigenvalue weighted by Crippen LogP contribution is 2.26. The number of aryl methyl sites for hydroxylation is 1. The van der Waals surface area contributed by atoms with Gasteiger partial charge in [0.25, 0.3) is 0 Å². The van der Waals surface area contributed by atoms with Gasteiger partial charge >= 0.3 is 0 Å². The Morgan fingerprint density at radius 3 is 2.50 bits per heavy atom. The molecular weight excluding hydrogens is 146 g/mol. The lowest BCUT2D eigenvalue weighted by atomic mass is 10.1. The molecule has 0 aliphatic heterocycles. The van der Waals surface area contributed by atoms with E-state index in [1.165, 1.54) is 22.5 Å². The molecule has 1 N–H and O–H groups in total. The molecule has 2 rings (SSSR count). The van der Waals surface area contributed by atoms with Crippen molar-refractivity contribution in [3.05, 3.63) is 41.2 Å². The summed E-state index contributed by atoms with van der Waals surface area (Å²) in [6.45, 7) is 4.25. The lowest BCUT2D eigenvalue weighted by Crippen LogP contribution is -1.81. The number of H-pyrrole nitrogens is 1. The van der Waals surface area contributed by atoms with E-state index in [0.29, 0.717) is 0 Å². The molecule has 1 aromatic heterocycles. The molecule has 1 aliphatic carbocycles. The minimum Gasteiger partial charge on any atom is -0.359 e. The SMILES string of the molecule is CC1=CC=C(c2ccc(C)[nH]2)C1. The van der Waals surface area contributed by atoms with Crippen LogP contribution in [0.25, 0.3) is 5.57 Å². The number of allylic oxidation sites excluding steroid dienone is 4. The maximum absolute atomic E-state index is 3.34. The van der Waals surface area contributed by atoms with Gasteiger partial charge in [0.15, 0.2) is 0 Å². The largest absolute Gasteiger partial charge is 0.359 e. The maximum Gasteiger partial charge on any atom is 0.0418 e. The van der Waals surface area contributed by atoms with E-state index in [1.54, 1.807) is 0 Å². The molecule has 12 heavy (non-hydrogen) atoms. The van der Waals surface area contributed by atoms with Gasteiger partial charge in [0.1, 0.15) is 0 Å². The topological polar surface area (TPSA) is 15.8 Å². The number of aromatic amines is 1. The van der Waals surface area contributed by atoms with Crippen molar-refractivity contribution in [3.63, 3.8) is 0 Å². The van der Waals surface area contributed by atoms with E-state index >= 15 is 0 Å². The number of hydrogen-bond donors (Lipinski definition) is 1. The van der Waals surface area contributed by atoms with E-state index < -0.39 is 0 Å². The van der Waals surface area contributed by atoms with Crippen LogP contribution in [0, 0.1) is 6.92 Å². The van der Waals surface area contributed by atoms with E-state index in [0.717, 1.165) is 6.42 Å². The third kappa shape index (κ3) is 1.22. The highest BCUT2D eigenvalue weighted by molar-refractivity contribution is 5.70. The van der Waals surface area contributed by atoms with Crippen molar-refractivity contribution < 1.29 is 0 Å². The summed E-state index contributed by atoms with van der Waals surface area (Å²) in [5.74, 6) is 0. The molecular formula is C11H13N. The zero-order valence-corrected chi connectivity index (χ0v) is 7.52. The van der Waals surface area contributed by atoms with Gasteiger partial charge in [-0.25, -0.2) is 0 Å². The van der Waals surface area contributed by atoms with E-state index in [-0.39, 0.29) is 0 Å². The predicted octanol–water partition coefficient (Wildman–Crippen LogP) is 3.06. The second-order valence-corrected chi connectivity index (χ2v) is 3.44. The first-order chi connectivity index (χ1) is 5.75. The normalized spacial score (nSPS) is 16.2. The van der Waals surface area contributed by atoms with E-state index in [9.17, 15) is 0 Å². The Balaban J connectivity index is 2.24. The lowest BCUT2D eigenvalue weighted by molar-refractivity contribution is 1.19. The summed E-state index contributed by atoms with van der Waals surface area (Å²) >= 11 is 0. The van der Waals surface area contributed by atoms with Gasteiger partial charge in [-0.1, -0.05) is 17.7 Å². The Morgan fingerprint density at radius 2 is 2.00 bits per heavy atom. The average molecular weight is 159 g/mol. The molecule has 1 heterocycles. The first-order valence-corrected chi connectivity index (χ1v) is 4.28. The summed E-state index contributed by atoms with van der Waals surface area (Å²) in [7, 11) is 0. The number of nitrogens with one attached hydrogen (secondary N) is 1. The number of rotatable bonds is 1. The van der Waals surface area contributed by atoms with Crippen molar-refractivity contribution in [2.24, 2.45) is 0 Å². The van der Waals surface area contributed by atoms with Crippen molar-refractivity contribution >= 4 is 5.57 Å². The van der Waals surface area contributed by atoms with Gasteiger partial charge < -0.3 is 4.98 Å². The second-order valence-electron chi connectivity index (χ2n) is 3.44. The van der Waals surface area contributed by atoms with Gasteiger partial charge in [-0.15, -0.1) is 0 Å². The zero-order chi connectivity index (χ0) is 8.55. The first kappa shape index (κ1) is 7.41. The van der Waals surface area contributed by atoms with Gasteiger partial charge in [-0.05, 0) is 38.0 Å². The van der Waals surface area contributed by atoms with Crippen molar-refractivity contribution in [2.75, 3.05) is 0 Å². The average Bonchev–Trinajstić information content (AvgIpc) is 2.58. The Hall–Kier alpha value is -1.24. The van der Waals surface area contributed by atoms with E-state index in [4.69, 9.17) is 0 Å². The van der Waals surface area contributed by atoms with Crippen LogP contribution < -0.4 is 0 Å². The van der Waals surface area contributed by atoms with Gasteiger partial charge in [0, 0.05) is 11.4 Å². The maximum atomic E-state index is 3.34. The molecule has 62 valence electrons. The fraction of sp³-hybridized carbons (Fsp3) is 0.273. The molecule has 0 radical (unpaired) electrons. The molecule has 1 heteroatoms. The molecule has 0 spiro atoms. The van der Waals surface area contributed by atoms with Crippen molar-refractivity contribution in [1.29, 1.82) is 0 Å². The van der Waals surface area contributed by atoms with Crippen LogP contribution in [-0.4, -0.2) is 4.98 Å². The van der Waals surface area contributed by atoms with E-state index in [2.05, 4.69) is 43.1 Å². The number of aromatic nitrogens is 1. The fourth-order valence-electron chi connectivity index (χ4n) is 1.54. The molecule has 0 fully saturated rings.